The average molecular weight is 734 g/mol. The molecule has 3 rings (SSSR count). The zero-order valence-corrected chi connectivity index (χ0v) is 31.0. The molecular formula is C39H55N7O7. The van der Waals surface area contributed by atoms with Gasteiger partial charge in [0.1, 0.15) is 18.1 Å². The summed E-state index contributed by atoms with van der Waals surface area (Å²) in [6, 6.07) is 14.7. The number of unbranched alkanes of at least 4 members (excludes halogenated alkanes) is 1. The first-order valence-electron chi connectivity index (χ1n) is 18.2. The molecule has 53 heavy (non-hydrogen) atoms. The third kappa shape index (κ3) is 14.5. The van der Waals surface area contributed by atoms with Gasteiger partial charge in [0.2, 0.25) is 29.5 Å². The summed E-state index contributed by atoms with van der Waals surface area (Å²) in [5.41, 5.74) is 13.7. The molecule has 288 valence electrons. The van der Waals surface area contributed by atoms with Gasteiger partial charge in [-0.3, -0.25) is 24.0 Å². The molecule has 2 aromatic rings. The Morgan fingerprint density at radius 3 is 1.81 bits per heavy atom. The highest BCUT2D eigenvalue weighted by Crippen LogP contribution is 2.13. The van der Waals surface area contributed by atoms with E-state index in [1.807, 2.05) is 74.5 Å². The molecule has 7 N–H and O–H groups in total. The number of nitrogens with two attached hydrogens (primary N) is 2. The van der Waals surface area contributed by atoms with Crippen molar-refractivity contribution in [2.24, 2.45) is 17.4 Å². The van der Waals surface area contributed by atoms with Gasteiger partial charge in [0.25, 0.3) is 0 Å². The molecule has 0 radical (unpaired) electrons. The lowest BCUT2D eigenvalue weighted by molar-refractivity contribution is -0.141. The topological polar surface area (TPSA) is 206 Å². The number of nitrogens with zero attached hydrogens (tertiary/aromatic N) is 2. The third-order valence-corrected chi connectivity index (χ3v) is 8.92. The van der Waals surface area contributed by atoms with Crippen molar-refractivity contribution in [1.29, 1.82) is 0 Å². The second-order valence-corrected chi connectivity index (χ2v) is 13.6. The average Bonchev–Trinajstić information content (AvgIpc) is 3.16. The van der Waals surface area contributed by atoms with Gasteiger partial charge in [-0.25, -0.2) is 4.79 Å². The van der Waals surface area contributed by atoms with Crippen LogP contribution in [0.3, 0.4) is 0 Å². The van der Waals surface area contributed by atoms with E-state index in [1.165, 1.54) is 12.0 Å². The van der Waals surface area contributed by atoms with Gasteiger partial charge in [0.05, 0.1) is 13.2 Å². The van der Waals surface area contributed by atoms with Crippen molar-refractivity contribution in [3.8, 4) is 0 Å². The van der Waals surface area contributed by atoms with E-state index in [0.717, 1.165) is 23.3 Å². The Bertz CT molecular complexity index is 1530. The van der Waals surface area contributed by atoms with Crippen LogP contribution >= 0.6 is 0 Å². The first-order valence-corrected chi connectivity index (χ1v) is 18.2. The van der Waals surface area contributed by atoms with Crippen LogP contribution in [0.1, 0.15) is 50.7 Å². The first kappa shape index (κ1) is 42.3. The van der Waals surface area contributed by atoms with Crippen molar-refractivity contribution in [2.45, 2.75) is 76.5 Å². The zero-order chi connectivity index (χ0) is 38.8. The van der Waals surface area contributed by atoms with E-state index in [0.29, 0.717) is 25.8 Å². The minimum atomic E-state index is -1.03. The molecule has 0 bridgehead atoms. The fourth-order valence-corrected chi connectivity index (χ4v) is 5.98. The van der Waals surface area contributed by atoms with Crippen molar-refractivity contribution in [3.63, 3.8) is 0 Å². The molecule has 0 spiro atoms. The van der Waals surface area contributed by atoms with Gasteiger partial charge in [-0.1, -0.05) is 74.5 Å². The second-order valence-electron chi connectivity index (χ2n) is 13.6. The number of esters is 1. The van der Waals surface area contributed by atoms with Crippen molar-refractivity contribution >= 4 is 35.5 Å². The lowest BCUT2D eigenvalue weighted by Gasteiger charge is -2.36. The van der Waals surface area contributed by atoms with Crippen molar-refractivity contribution in [1.82, 2.24) is 25.8 Å². The molecule has 1 fully saturated rings. The molecule has 2 aromatic carbocycles. The summed E-state index contributed by atoms with van der Waals surface area (Å²) >= 11 is 0. The van der Waals surface area contributed by atoms with E-state index >= 15 is 0 Å². The summed E-state index contributed by atoms with van der Waals surface area (Å²) in [7, 11) is 1.22. The van der Waals surface area contributed by atoms with Gasteiger partial charge in [-0.2, -0.15) is 0 Å². The maximum atomic E-state index is 13.9. The lowest BCUT2D eigenvalue weighted by atomic mass is 9.99. The number of carbonyl (C=O) groups is 6. The summed E-state index contributed by atoms with van der Waals surface area (Å²) in [6.07, 6.45) is 4.47. The molecule has 0 aromatic heterocycles. The predicted molar refractivity (Wildman–Crippen MR) is 201 cm³/mol. The smallest absolute Gasteiger partial charge is 0.330 e. The molecule has 0 saturated carbocycles. The predicted octanol–water partition coefficient (Wildman–Crippen LogP) is 0.829. The number of hydrogen-bond acceptors (Lipinski definition) is 9. The summed E-state index contributed by atoms with van der Waals surface area (Å²) < 4.78 is 4.54. The van der Waals surface area contributed by atoms with Crippen LogP contribution in [-0.2, 0) is 46.3 Å². The summed E-state index contributed by atoms with van der Waals surface area (Å²) in [4.78, 5) is 82.0. The first-order chi connectivity index (χ1) is 25.4. The molecule has 1 aliphatic heterocycles. The van der Waals surface area contributed by atoms with Crippen LogP contribution < -0.4 is 27.4 Å². The number of nitrogens with one attached hydrogen (secondary N) is 3. The molecule has 14 heteroatoms. The van der Waals surface area contributed by atoms with Crippen molar-refractivity contribution < 1.29 is 33.5 Å². The largest absolute Gasteiger partial charge is 0.466 e. The van der Waals surface area contributed by atoms with Crippen molar-refractivity contribution in [3.05, 3.63) is 83.9 Å². The monoisotopic (exact) mass is 733 g/mol. The fraction of sp³-hybridized carbons (Fsp3) is 0.487. The van der Waals surface area contributed by atoms with Gasteiger partial charge in [-0.05, 0) is 55.7 Å². The number of rotatable bonds is 19. The van der Waals surface area contributed by atoms with Crippen LogP contribution in [0, 0.1) is 5.92 Å². The number of piperazine rings is 1. The van der Waals surface area contributed by atoms with E-state index < -0.39 is 47.9 Å². The second kappa shape index (κ2) is 22.1. The van der Waals surface area contributed by atoms with Gasteiger partial charge in [0, 0.05) is 44.8 Å². The van der Waals surface area contributed by atoms with Crippen LogP contribution in [0.15, 0.2) is 72.8 Å². The zero-order valence-electron chi connectivity index (χ0n) is 31.0. The molecule has 14 nitrogen and oxygen atoms in total. The highest BCUT2D eigenvalue weighted by atomic mass is 16.5. The number of hydrogen-bond donors (Lipinski definition) is 5. The number of amides is 5. The number of carbonyl (C=O) groups excluding carboxylic acids is 6. The van der Waals surface area contributed by atoms with Crippen LogP contribution in [-0.4, -0.2) is 109 Å². The van der Waals surface area contributed by atoms with Gasteiger partial charge in [-0.15, -0.1) is 0 Å². The van der Waals surface area contributed by atoms with E-state index in [9.17, 15) is 28.8 Å². The Hall–Kier alpha value is -5.08. The Balaban J connectivity index is 1.74. The normalized spacial score (nSPS) is 15.3. The van der Waals surface area contributed by atoms with Crippen LogP contribution in [0.5, 0.6) is 0 Å². The Labute approximate surface area is 312 Å². The maximum absolute atomic E-state index is 13.9. The maximum Gasteiger partial charge on any atom is 0.330 e. The number of ether oxygens (including phenoxy) is 1. The van der Waals surface area contributed by atoms with Gasteiger partial charge < -0.3 is 42.0 Å². The molecule has 1 heterocycles. The van der Waals surface area contributed by atoms with Gasteiger partial charge >= 0.3 is 5.97 Å². The Kier molecular flexibility index (Phi) is 17.6. The molecule has 0 unspecified atom stereocenters. The molecule has 1 aliphatic rings. The highest BCUT2D eigenvalue weighted by molar-refractivity contribution is 5.96. The van der Waals surface area contributed by atoms with Crippen LogP contribution in [0.2, 0.25) is 0 Å². The Morgan fingerprint density at radius 1 is 0.717 bits per heavy atom. The summed E-state index contributed by atoms with van der Waals surface area (Å²) in [6.45, 7) is 5.22. The van der Waals surface area contributed by atoms with Crippen LogP contribution in [0.4, 0.5) is 0 Å². The Morgan fingerprint density at radius 2 is 1.25 bits per heavy atom. The number of methoxy groups -OCH3 is 1. The van der Waals surface area contributed by atoms with E-state index in [4.69, 9.17) is 11.5 Å². The van der Waals surface area contributed by atoms with Gasteiger partial charge in [0.15, 0.2) is 0 Å². The third-order valence-electron chi connectivity index (χ3n) is 8.92. The van der Waals surface area contributed by atoms with E-state index in [2.05, 4.69) is 20.7 Å². The quantitative estimate of drug-likeness (QED) is 0.0787. The highest BCUT2D eigenvalue weighted by Gasteiger charge is 2.33. The molecule has 0 aliphatic carbocycles. The van der Waals surface area contributed by atoms with E-state index in [-0.39, 0.29) is 63.2 Å². The minimum Gasteiger partial charge on any atom is -0.466 e. The molecule has 4 atom stereocenters. The number of benzene rings is 2. The molecular weight excluding hydrogens is 678 g/mol. The van der Waals surface area contributed by atoms with Crippen molar-refractivity contribution in [2.75, 3.05) is 39.8 Å². The standard InChI is InChI=1S/C39H55N7O7/c1-27(2)24-32(44-38(51)33(26-29-14-8-5-9-15-29)43-36(49)30(41)25-28-12-6-4-7-13-28)37(50)42-31(16-10-11-19-40)39(52)46-22-20-45(21-23-46)34(47)17-18-35(48)53-3/h4-9,12-15,17-18,27,30-33H,10-11,16,19-26,40-41H2,1-3H3,(H,42,50)(H,43,49)(H,44,51)/b18-17+/t30-,31-,32-,33-/m1/s1. The van der Waals surface area contributed by atoms with Crippen LogP contribution in [0.25, 0.3) is 0 Å². The fourth-order valence-electron chi connectivity index (χ4n) is 5.98. The molecule has 5 amide bonds. The van der Waals surface area contributed by atoms with E-state index in [1.54, 1.807) is 4.90 Å². The minimum absolute atomic E-state index is 0.00209. The summed E-state index contributed by atoms with van der Waals surface area (Å²) in [5.74, 6) is -2.89. The SMILES string of the molecule is COC(=O)/C=C/C(=O)N1CCN(C(=O)[C@@H](CCCCN)NC(=O)[C@@H](CC(C)C)NC(=O)[C@@H](Cc2ccccc2)NC(=O)[C@H](N)Cc2ccccc2)CC1. The lowest BCUT2D eigenvalue weighted by Crippen LogP contribution is -2.59. The summed E-state index contributed by atoms with van der Waals surface area (Å²) in [5, 5.41) is 8.57. The molecule has 1 saturated heterocycles.